The first kappa shape index (κ1) is 26.2. The van der Waals surface area contributed by atoms with Gasteiger partial charge in [-0.2, -0.15) is 0 Å². The van der Waals surface area contributed by atoms with Crippen molar-refractivity contribution < 1.29 is 9.84 Å². The quantitative estimate of drug-likeness (QED) is 0.224. The van der Waals surface area contributed by atoms with E-state index in [1.807, 2.05) is 0 Å². The summed E-state index contributed by atoms with van der Waals surface area (Å²) in [4.78, 5) is 0. The molecule has 0 amide bonds. The number of unbranched alkanes of at least 4 members (excludes halogenated alkanes) is 3. The van der Waals surface area contributed by atoms with E-state index in [0.29, 0.717) is 11.8 Å². The van der Waals surface area contributed by atoms with E-state index < -0.39 is 0 Å². The molecule has 168 valence electrons. The van der Waals surface area contributed by atoms with Crippen molar-refractivity contribution in [1.82, 2.24) is 0 Å². The molecule has 0 aromatic carbocycles. The molecule has 0 spiro atoms. The van der Waals surface area contributed by atoms with Crippen LogP contribution in [0.4, 0.5) is 0 Å². The average molecular weight is 405 g/mol. The van der Waals surface area contributed by atoms with Crippen molar-refractivity contribution in [2.45, 2.75) is 111 Å². The van der Waals surface area contributed by atoms with Crippen molar-refractivity contribution in [2.75, 3.05) is 6.61 Å². The molecule has 0 saturated heterocycles. The van der Waals surface area contributed by atoms with Gasteiger partial charge >= 0.3 is 0 Å². The highest BCUT2D eigenvalue weighted by Gasteiger charge is 2.29. The third-order valence-corrected chi connectivity index (χ3v) is 6.62. The van der Waals surface area contributed by atoms with Crippen LogP contribution in [0, 0.1) is 17.8 Å². The van der Waals surface area contributed by atoms with Crippen LogP contribution < -0.4 is 0 Å². The minimum absolute atomic E-state index is 0.0386. The molecule has 2 nitrogen and oxygen atoms in total. The minimum Gasteiger partial charge on any atom is -0.394 e. The molecule has 1 rings (SSSR count). The number of allylic oxidation sites excluding steroid dienone is 3. The van der Waals surface area contributed by atoms with E-state index in [4.69, 9.17) is 4.74 Å². The van der Waals surface area contributed by atoms with Gasteiger partial charge in [-0.25, -0.2) is 0 Å². The van der Waals surface area contributed by atoms with Crippen LogP contribution in [0.15, 0.2) is 36.0 Å². The van der Waals surface area contributed by atoms with Crippen LogP contribution in [0.1, 0.15) is 98.8 Å². The Morgan fingerprint density at radius 1 is 1.17 bits per heavy atom. The highest BCUT2D eigenvalue weighted by molar-refractivity contribution is 5.25. The lowest BCUT2D eigenvalue weighted by atomic mass is 9.82. The van der Waals surface area contributed by atoms with Gasteiger partial charge in [0.05, 0.1) is 18.8 Å². The van der Waals surface area contributed by atoms with Gasteiger partial charge in [0.25, 0.3) is 0 Å². The maximum Gasteiger partial charge on any atom is 0.0855 e. The first-order valence-electron chi connectivity index (χ1n) is 12.2. The summed E-state index contributed by atoms with van der Waals surface area (Å²) in [5.74, 6) is 1.65. The van der Waals surface area contributed by atoms with Crippen molar-refractivity contribution in [2.24, 2.45) is 17.8 Å². The fourth-order valence-electron chi connectivity index (χ4n) is 4.19. The number of rotatable bonds is 15. The lowest BCUT2D eigenvalue weighted by Crippen LogP contribution is -2.35. The van der Waals surface area contributed by atoms with Crippen LogP contribution in [0.2, 0.25) is 0 Å². The van der Waals surface area contributed by atoms with E-state index in [1.54, 1.807) is 5.57 Å². The highest BCUT2D eigenvalue weighted by Crippen LogP contribution is 2.31. The second kappa shape index (κ2) is 15.0. The molecule has 0 aromatic heterocycles. The molecule has 29 heavy (non-hydrogen) atoms. The third kappa shape index (κ3) is 10.6. The standard InChI is InChI=1S/C27H48O2/c1-7-8-9-10-13-21(2)14-11-15-22(3)16-12-17-26(20-28)29-27-24(5)19-18-23(4)25(27)6/h13,18-19,22-23,25-28H,5,7-12,14-17,20H2,1-4,6H3/b21-13+. The summed E-state index contributed by atoms with van der Waals surface area (Å²) < 4.78 is 6.28. The van der Waals surface area contributed by atoms with Crippen LogP contribution in [0.25, 0.3) is 0 Å². The Bertz CT molecular complexity index is 505. The molecular weight excluding hydrogens is 356 g/mol. The predicted octanol–water partition coefficient (Wildman–Crippen LogP) is 7.63. The minimum atomic E-state index is -0.0709. The van der Waals surface area contributed by atoms with Crippen molar-refractivity contribution in [3.8, 4) is 0 Å². The third-order valence-electron chi connectivity index (χ3n) is 6.62. The zero-order valence-corrected chi connectivity index (χ0v) is 20.0. The molecule has 0 bridgehead atoms. The van der Waals surface area contributed by atoms with Gasteiger partial charge in [-0.15, -0.1) is 0 Å². The van der Waals surface area contributed by atoms with Gasteiger partial charge in [0.2, 0.25) is 0 Å². The second-order valence-electron chi connectivity index (χ2n) is 9.49. The normalized spacial score (nSPS) is 24.7. The summed E-state index contributed by atoms with van der Waals surface area (Å²) in [6.45, 7) is 15.6. The van der Waals surface area contributed by atoms with Crippen LogP contribution >= 0.6 is 0 Å². The van der Waals surface area contributed by atoms with E-state index in [0.717, 1.165) is 24.3 Å². The molecule has 5 atom stereocenters. The lowest BCUT2D eigenvalue weighted by molar-refractivity contribution is -0.0544. The largest absolute Gasteiger partial charge is 0.394 e. The zero-order chi connectivity index (χ0) is 21.6. The monoisotopic (exact) mass is 404 g/mol. The molecule has 1 aliphatic rings. The Labute approximate surface area is 181 Å². The van der Waals surface area contributed by atoms with Gasteiger partial charge in [0.15, 0.2) is 0 Å². The first-order chi connectivity index (χ1) is 13.9. The SMILES string of the molecule is C=C1C=CC(C)C(C)C1OC(CO)CCCC(C)CCC/C(C)=C/CCCCC. The maximum atomic E-state index is 9.79. The molecule has 0 heterocycles. The number of hydrogen-bond acceptors (Lipinski definition) is 2. The van der Waals surface area contributed by atoms with Crippen molar-refractivity contribution in [3.05, 3.63) is 36.0 Å². The van der Waals surface area contributed by atoms with Crippen LogP contribution in [0.5, 0.6) is 0 Å². The molecule has 0 radical (unpaired) electrons. The summed E-state index contributed by atoms with van der Waals surface area (Å²) >= 11 is 0. The predicted molar refractivity (Wildman–Crippen MR) is 127 cm³/mol. The van der Waals surface area contributed by atoms with E-state index in [-0.39, 0.29) is 18.8 Å². The zero-order valence-electron chi connectivity index (χ0n) is 20.0. The lowest BCUT2D eigenvalue weighted by Gasteiger charge is -2.34. The van der Waals surface area contributed by atoms with Crippen molar-refractivity contribution in [1.29, 1.82) is 0 Å². The number of ether oxygens (including phenoxy) is 1. The molecule has 0 saturated carbocycles. The van der Waals surface area contributed by atoms with E-state index in [2.05, 4.69) is 59.4 Å². The molecule has 0 aromatic rings. The molecule has 0 aliphatic heterocycles. The summed E-state index contributed by atoms with van der Waals surface area (Å²) in [7, 11) is 0. The molecule has 1 N–H and O–H groups in total. The van der Waals surface area contributed by atoms with Gasteiger partial charge in [0, 0.05) is 0 Å². The van der Waals surface area contributed by atoms with Gasteiger partial charge in [0.1, 0.15) is 0 Å². The molecular formula is C27H48O2. The van der Waals surface area contributed by atoms with Crippen LogP contribution in [0.3, 0.4) is 0 Å². The Morgan fingerprint density at radius 2 is 1.90 bits per heavy atom. The van der Waals surface area contributed by atoms with E-state index in [9.17, 15) is 5.11 Å². The fourth-order valence-corrected chi connectivity index (χ4v) is 4.19. The van der Waals surface area contributed by atoms with Gasteiger partial charge < -0.3 is 9.84 Å². The number of aliphatic hydroxyl groups is 1. The van der Waals surface area contributed by atoms with Crippen molar-refractivity contribution >= 4 is 0 Å². The highest BCUT2D eigenvalue weighted by atomic mass is 16.5. The topological polar surface area (TPSA) is 29.5 Å². The van der Waals surface area contributed by atoms with Gasteiger partial charge in [-0.1, -0.05) is 90.2 Å². The first-order valence-corrected chi connectivity index (χ1v) is 12.2. The maximum absolute atomic E-state index is 9.79. The fraction of sp³-hybridized carbons (Fsp3) is 0.778. The summed E-state index contributed by atoms with van der Waals surface area (Å²) in [5, 5.41) is 9.79. The Balaban J connectivity index is 2.23. The van der Waals surface area contributed by atoms with Crippen molar-refractivity contribution in [3.63, 3.8) is 0 Å². The second-order valence-corrected chi connectivity index (χ2v) is 9.49. The van der Waals surface area contributed by atoms with E-state index >= 15 is 0 Å². The smallest absolute Gasteiger partial charge is 0.0855 e. The summed E-state index contributed by atoms with van der Waals surface area (Å²) in [6, 6.07) is 0. The molecule has 1 aliphatic carbocycles. The number of aliphatic hydroxyl groups excluding tert-OH is 1. The molecule has 2 heteroatoms. The van der Waals surface area contributed by atoms with Crippen LogP contribution in [-0.4, -0.2) is 23.9 Å². The summed E-state index contributed by atoms with van der Waals surface area (Å²) in [5.41, 5.74) is 2.60. The Hall–Kier alpha value is -0.860. The molecule has 0 fully saturated rings. The molecule has 5 unspecified atom stereocenters. The number of hydrogen-bond donors (Lipinski definition) is 1. The van der Waals surface area contributed by atoms with E-state index in [1.165, 1.54) is 51.4 Å². The van der Waals surface area contributed by atoms with Crippen LogP contribution in [-0.2, 0) is 4.74 Å². The Kier molecular flexibility index (Phi) is 13.6. The average Bonchev–Trinajstić information content (AvgIpc) is 2.70. The van der Waals surface area contributed by atoms with Gasteiger partial charge in [-0.05, 0) is 62.4 Å². The summed E-state index contributed by atoms with van der Waals surface area (Å²) in [6.07, 6.45) is 19.1. The Morgan fingerprint density at radius 3 is 2.59 bits per heavy atom. The van der Waals surface area contributed by atoms with Gasteiger partial charge in [-0.3, -0.25) is 0 Å².